The molecule has 6 heteroatoms. The van der Waals surface area contributed by atoms with Crippen molar-refractivity contribution in [1.29, 1.82) is 0 Å². The van der Waals surface area contributed by atoms with Gasteiger partial charge in [-0.2, -0.15) is 5.10 Å². The number of piperazine rings is 1. The summed E-state index contributed by atoms with van der Waals surface area (Å²) < 4.78 is 0. The van der Waals surface area contributed by atoms with Crippen LogP contribution >= 0.6 is 12.4 Å². The van der Waals surface area contributed by atoms with Gasteiger partial charge in [-0.05, 0) is 32.0 Å². The number of unbranched alkanes of at least 4 members (excludes halogenated alkanes) is 1. The zero-order chi connectivity index (χ0) is 16.5. The third kappa shape index (κ3) is 6.59. The van der Waals surface area contributed by atoms with Crippen LogP contribution < -0.4 is 10.3 Å². The standard InChI is InChI=1S/C10H10N2O.C8H18N2.ClH/c1-8-7-10(13)12(11-8)9-5-3-2-4-6-9;1-2-3-6-10-7-4-9-5-8-10;/h2-6H,7H2,1H3;9H,2-8H2,1H3;1H. The molecule has 0 spiro atoms. The van der Waals surface area contributed by atoms with Gasteiger partial charge in [0.1, 0.15) is 0 Å². The first-order chi connectivity index (χ1) is 11.2. The van der Waals surface area contributed by atoms with Crippen LogP contribution in [0.2, 0.25) is 0 Å². The Kier molecular flexibility index (Phi) is 9.60. The molecule has 2 heterocycles. The molecule has 0 saturated carbocycles. The van der Waals surface area contributed by atoms with Crippen molar-refractivity contribution in [2.24, 2.45) is 5.10 Å². The Bertz CT molecular complexity index is 515. The van der Waals surface area contributed by atoms with Crippen molar-refractivity contribution in [2.45, 2.75) is 33.1 Å². The van der Waals surface area contributed by atoms with Crippen molar-refractivity contribution in [1.82, 2.24) is 10.2 Å². The van der Waals surface area contributed by atoms with Crippen LogP contribution in [0.3, 0.4) is 0 Å². The van der Waals surface area contributed by atoms with Gasteiger partial charge >= 0.3 is 0 Å². The molecule has 1 aromatic carbocycles. The molecule has 1 fully saturated rings. The summed E-state index contributed by atoms with van der Waals surface area (Å²) in [5.41, 5.74) is 1.71. The van der Waals surface area contributed by atoms with Crippen LogP contribution in [-0.4, -0.2) is 49.2 Å². The first kappa shape index (κ1) is 20.6. The van der Waals surface area contributed by atoms with E-state index >= 15 is 0 Å². The molecular formula is C18H29ClN4O. The quantitative estimate of drug-likeness (QED) is 0.906. The molecule has 2 aliphatic rings. The van der Waals surface area contributed by atoms with Gasteiger partial charge in [0.25, 0.3) is 5.91 Å². The highest BCUT2D eigenvalue weighted by molar-refractivity contribution is 6.12. The molecule has 0 radical (unpaired) electrons. The molecule has 0 aliphatic carbocycles. The largest absolute Gasteiger partial charge is 0.314 e. The van der Waals surface area contributed by atoms with Gasteiger partial charge in [-0.25, -0.2) is 5.01 Å². The first-order valence-corrected chi connectivity index (χ1v) is 8.56. The SMILES string of the molecule is CC1=NN(c2ccccc2)C(=O)C1.CCCCN1CCNCC1.Cl. The molecule has 3 rings (SSSR count). The van der Waals surface area contributed by atoms with Crippen LogP contribution in [0.15, 0.2) is 35.4 Å². The van der Waals surface area contributed by atoms with Crippen LogP contribution in [0.4, 0.5) is 5.69 Å². The third-order valence-corrected chi connectivity index (χ3v) is 3.95. The summed E-state index contributed by atoms with van der Waals surface area (Å²) in [5.74, 6) is 0.0451. The summed E-state index contributed by atoms with van der Waals surface area (Å²) in [5, 5.41) is 8.94. The van der Waals surface area contributed by atoms with Gasteiger partial charge in [0, 0.05) is 31.9 Å². The van der Waals surface area contributed by atoms with Gasteiger partial charge in [0.15, 0.2) is 0 Å². The molecule has 2 aliphatic heterocycles. The Morgan fingerprint density at radius 3 is 2.38 bits per heavy atom. The minimum Gasteiger partial charge on any atom is -0.314 e. The van der Waals surface area contributed by atoms with Gasteiger partial charge < -0.3 is 10.2 Å². The molecule has 1 amide bonds. The molecule has 1 N–H and O–H groups in total. The molecule has 24 heavy (non-hydrogen) atoms. The van der Waals surface area contributed by atoms with Crippen LogP contribution in [0.5, 0.6) is 0 Å². The van der Waals surface area contributed by atoms with E-state index < -0.39 is 0 Å². The zero-order valence-corrected chi connectivity index (χ0v) is 15.5. The smallest absolute Gasteiger partial charge is 0.253 e. The molecule has 1 aromatic rings. The van der Waals surface area contributed by atoms with Gasteiger partial charge in [-0.15, -0.1) is 12.4 Å². The average molecular weight is 353 g/mol. The lowest BCUT2D eigenvalue weighted by atomic mass is 10.3. The van der Waals surface area contributed by atoms with E-state index in [0.717, 1.165) is 11.4 Å². The summed E-state index contributed by atoms with van der Waals surface area (Å²) in [4.78, 5) is 13.9. The maximum absolute atomic E-state index is 11.4. The molecule has 0 bridgehead atoms. The second kappa shape index (κ2) is 11.2. The Morgan fingerprint density at radius 2 is 1.83 bits per heavy atom. The zero-order valence-electron chi connectivity index (χ0n) is 14.7. The summed E-state index contributed by atoms with van der Waals surface area (Å²) >= 11 is 0. The van der Waals surface area contributed by atoms with E-state index in [1.54, 1.807) is 0 Å². The third-order valence-electron chi connectivity index (χ3n) is 3.95. The van der Waals surface area contributed by atoms with Crippen molar-refractivity contribution in [3.8, 4) is 0 Å². The predicted molar refractivity (Wildman–Crippen MR) is 103 cm³/mol. The Balaban J connectivity index is 0.000000238. The maximum atomic E-state index is 11.4. The molecule has 0 unspecified atom stereocenters. The highest BCUT2D eigenvalue weighted by Gasteiger charge is 2.21. The van der Waals surface area contributed by atoms with E-state index in [-0.39, 0.29) is 18.3 Å². The van der Waals surface area contributed by atoms with E-state index in [1.165, 1.54) is 50.6 Å². The van der Waals surface area contributed by atoms with Crippen LogP contribution in [0.1, 0.15) is 33.1 Å². The number of amides is 1. The number of nitrogens with zero attached hydrogens (tertiary/aromatic N) is 3. The van der Waals surface area contributed by atoms with Crippen LogP contribution in [-0.2, 0) is 4.79 Å². The number of hydrogen-bond acceptors (Lipinski definition) is 4. The molecular weight excluding hydrogens is 324 g/mol. The monoisotopic (exact) mass is 352 g/mol. The summed E-state index contributed by atoms with van der Waals surface area (Å²) in [6, 6.07) is 9.46. The van der Waals surface area contributed by atoms with E-state index in [4.69, 9.17) is 0 Å². The van der Waals surface area contributed by atoms with Crippen molar-refractivity contribution in [3.63, 3.8) is 0 Å². The predicted octanol–water partition coefficient (Wildman–Crippen LogP) is 2.91. The number of para-hydroxylation sites is 1. The van der Waals surface area contributed by atoms with E-state index in [1.807, 2.05) is 37.3 Å². The van der Waals surface area contributed by atoms with Crippen LogP contribution in [0, 0.1) is 0 Å². The second-order valence-electron chi connectivity index (χ2n) is 6.00. The summed E-state index contributed by atoms with van der Waals surface area (Å²) in [6.45, 7) is 10.3. The van der Waals surface area contributed by atoms with Crippen LogP contribution in [0.25, 0.3) is 0 Å². The molecule has 0 atom stereocenters. The lowest BCUT2D eigenvalue weighted by Gasteiger charge is -2.26. The topological polar surface area (TPSA) is 47.9 Å². The molecule has 1 saturated heterocycles. The molecule has 5 nitrogen and oxygen atoms in total. The Hall–Kier alpha value is -1.43. The Morgan fingerprint density at radius 1 is 1.17 bits per heavy atom. The van der Waals surface area contributed by atoms with Crippen molar-refractivity contribution < 1.29 is 4.79 Å². The molecule has 0 aromatic heterocycles. The fourth-order valence-electron chi connectivity index (χ4n) is 2.64. The maximum Gasteiger partial charge on any atom is 0.253 e. The number of benzene rings is 1. The van der Waals surface area contributed by atoms with E-state index in [0.29, 0.717) is 6.42 Å². The average Bonchev–Trinajstić information content (AvgIpc) is 2.94. The minimum atomic E-state index is 0. The van der Waals surface area contributed by atoms with Gasteiger partial charge in [0.05, 0.1) is 12.1 Å². The number of halogens is 1. The highest BCUT2D eigenvalue weighted by atomic mass is 35.5. The van der Waals surface area contributed by atoms with E-state index in [9.17, 15) is 4.79 Å². The highest BCUT2D eigenvalue weighted by Crippen LogP contribution is 2.19. The normalized spacial score (nSPS) is 17.7. The number of rotatable bonds is 4. The minimum absolute atomic E-state index is 0. The van der Waals surface area contributed by atoms with Crippen molar-refractivity contribution in [2.75, 3.05) is 37.7 Å². The molecule has 134 valence electrons. The summed E-state index contributed by atoms with van der Waals surface area (Å²) in [7, 11) is 0. The van der Waals surface area contributed by atoms with Gasteiger partial charge in [-0.1, -0.05) is 31.5 Å². The fourth-order valence-corrected chi connectivity index (χ4v) is 2.64. The van der Waals surface area contributed by atoms with E-state index in [2.05, 4.69) is 22.2 Å². The summed E-state index contributed by atoms with van der Waals surface area (Å²) in [6.07, 6.45) is 3.12. The number of anilines is 1. The number of carbonyl (C=O) groups is 1. The van der Waals surface area contributed by atoms with Crippen molar-refractivity contribution >= 4 is 29.7 Å². The number of hydrogen-bond donors (Lipinski definition) is 1. The van der Waals surface area contributed by atoms with Gasteiger partial charge in [-0.3, -0.25) is 4.79 Å². The fraction of sp³-hybridized carbons (Fsp3) is 0.556. The number of carbonyl (C=O) groups excluding carboxylic acids is 1. The second-order valence-corrected chi connectivity index (χ2v) is 6.00. The lowest BCUT2D eigenvalue weighted by molar-refractivity contribution is -0.116. The number of hydrazone groups is 1. The first-order valence-electron chi connectivity index (χ1n) is 8.56. The number of nitrogens with one attached hydrogen (secondary N) is 1. The van der Waals surface area contributed by atoms with Gasteiger partial charge in [0.2, 0.25) is 0 Å². The lowest BCUT2D eigenvalue weighted by Crippen LogP contribution is -2.43. The van der Waals surface area contributed by atoms with Crippen molar-refractivity contribution in [3.05, 3.63) is 30.3 Å². The Labute approximate surface area is 151 Å².